The van der Waals surface area contributed by atoms with Crippen LogP contribution in [0.2, 0.25) is 0 Å². The molecule has 0 unspecified atom stereocenters. The van der Waals surface area contributed by atoms with Crippen LogP contribution in [0.5, 0.6) is 0 Å². The number of hydrogen-bond acceptors (Lipinski definition) is 13. The largest absolute Gasteiger partial charge is 0.287 e. The number of para-hydroxylation sites is 4. The maximum atomic E-state index is 4.72. The number of fused-ring (bicyclic) bond motifs is 4. The lowest BCUT2D eigenvalue weighted by Crippen LogP contribution is -2.32. The van der Waals surface area contributed by atoms with Crippen molar-refractivity contribution in [2.45, 2.75) is 83.1 Å². The monoisotopic (exact) mass is 1370 g/mol. The predicted octanol–water partition coefficient (Wildman–Crippen LogP) is 15.8. The molecule has 17 nitrogen and oxygen atoms in total. The zero-order chi connectivity index (χ0) is 73.0. The van der Waals surface area contributed by atoms with E-state index in [1.165, 1.54) is 113 Å². The SMILES string of the molecule is Cc1cc(C)c(C)c(-c2c3cccc(-c4ccncn4)c3nc[n+]2C)c1.Cc1cc(C)c(C)c(-c2c3cccc(-c4cnccn4)c3nc[n+]2C)c1.Cc1cc(C)c(C)c(-c2c3cccc(-c4ncccn4)c3nc[n+]2C)c1.Cc1cc(C)c(C)c(-c2c3cccc(-c4ncncn4)c3nc[n+]2C)c1. The highest BCUT2D eigenvalue weighted by atomic mass is 15.0. The van der Waals surface area contributed by atoms with E-state index in [9.17, 15) is 0 Å². The van der Waals surface area contributed by atoms with E-state index in [0.29, 0.717) is 11.6 Å². The smallest absolute Gasteiger partial charge is 0.261 e. The molecule has 0 saturated carbocycles. The van der Waals surface area contributed by atoms with E-state index >= 15 is 0 Å². The van der Waals surface area contributed by atoms with Gasteiger partial charge in [-0.2, -0.15) is 0 Å². The topological polar surface area (TPSA) is 183 Å². The van der Waals surface area contributed by atoms with Crippen molar-refractivity contribution < 1.29 is 18.3 Å². The Kier molecular flexibility index (Phi) is 20.1. The molecular weight excluding hydrogens is 1280 g/mol. The van der Waals surface area contributed by atoms with Crippen molar-refractivity contribution in [1.29, 1.82) is 0 Å². The number of rotatable bonds is 8. The van der Waals surface area contributed by atoms with E-state index in [-0.39, 0.29) is 0 Å². The number of benzene rings is 8. The second-order valence-corrected chi connectivity index (χ2v) is 26.9. The normalized spacial score (nSPS) is 11.1. The van der Waals surface area contributed by atoms with Crippen molar-refractivity contribution >= 4 is 43.6 Å². The van der Waals surface area contributed by atoms with E-state index in [2.05, 4.69) is 261 Å². The average molecular weight is 1370 g/mol. The van der Waals surface area contributed by atoms with Gasteiger partial charge >= 0.3 is 0 Å². The molecule has 16 rings (SSSR count). The second-order valence-electron chi connectivity index (χ2n) is 26.9. The molecule has 0 fully saturated rings. The fourth-order valence-corrected chi connectivity index (χ4v) is 14.0. The Hall–Kier alpha value is -12.6. The van der Waals surface area contributed by atoms with Crippen LogP contribution in [0.1, 0.15) is 66.8 Å². The third kappa shape index (κ3) is 14.0. The van der Waals surface area contributed by atoms with E-state index in [1.807, 2.05) is 76.8 Å². The van der Waals surface area contributed by atoms with Crippen molar-refractivity contribution in [2.24, 2.45) is 28.2 Å². The molecule has 17 heteroatoms. The van der Waals surface area contributed by atoms with Crippen LogP contribution < -0.4 is 18.3 Å². The summed E-state index contributed by atoms with van der Waals surface area (Å²) in [6.07, 6.45) is 22.6. The molecule has 0 spiro atoms. The minimum Gasteiger partial charge on any atom is -0.261 e. The van der Waals surface area contributed by atoms with E-state index in [1.54, 1.807) is 43.5 Å². The molecule has 0 amide bonds. The van der Waals surface area contributed by atoms with Gasteiger partial charge in [0.2, 0.25) is 0 Å². The first kappa shape index (κ1) is 69.8. The maximum Gasteiger partial charge on any atom is 0.287 e. The summed E-state index contributed by atoms with van der Waals surface area (Å²) in [4.78, 5) is 57.3. The summed E-state index contributed by atoms with van der Waals surface area (Å²) in [5.74, 6) is 1.33. The van der Waals surface area contributed by atoms with Gasteiger partial charge in [-0.05, 0) is 232 Å². The second kappa shape index (κ2) is 29.9. The van der Waals surface area contributed by atoms with Gasteiger partial charge in [0.05, 0.1) is 89.6 Å². The van der Waals surface area contributed by atoms with Crippen LogP contribution in [0.3, 0.4) is 0 Å². The van der Waals surface area contributed by atoms with Crippen molar-refractivity contribution in [2.75, 3.05) is 0 Å². The highest BCUT2D eigenvalue weighted by molar-refractivity contribution is 6.02. The highest BCUT2D eigenvalue weighted by Crippen LogP contribution is 2.38. The molecule has 0 radical (unpaired) electrons. The molecule has 0 N–H and O–H groups in total. The van der Waals surface area contributed by atoms with Crippen molar-refractivity contribution in [1.82, 2.24) is 64.8 Å². The zero-order valence-electron chi connectivity index (χ0n) is 61.8. The minimum atomic E-state index is 0.634. The van der Waals surface area contributed by atoms with Crippen LogP contribution in [0.15, 0.2) is 215 Å². The third-order valence-electron chi connectivity index (χ3n) is 19.5. The van der Waals surface area contributed by atoms with Crippen molar-refractivity contribution in [3.8, 4) is 90.3 Å². The highest BCUT2D eigenvalue weighted by Gasteiger charge is 2.26. The molecule has 0 bridgehead atoms. The Bertz CT molecular complexity index is 5200. The molecule has 8 aromatic heterocycles. The summed E-state index contributed by atoms with van der Waals surface area (Å²) in [7, 11) is 8.18. The number of nitrogens with zero attached hydrogens (tertiary/aromatic N) is 17. The van der Waals surface area contributed by atoms with Gasteiger partial charge in [0.25, 0.3) is 25.3 Å². The van der Waals surface area contributed by atoms with Crippen molar-refractivity contribution in [3.05, 3.63) is 282 Å². The molecular formula is C87H83N17+4. The molecule has 0 aliphatic rings. The molecule has 512 valence electrons. The molecule has 0 saturated heterocycles. The van der Waals surface area contributed by atoms with Crippen LogP contribution in [-0.2, 0) is 28.2 Å². The fraction of sp³-hybridized carbons (Fsp3) is 0.184. The number of aromatic nitrogens is 17. The Labute approximate surface area is 606 Å². The minimum absolute atomic E-state index is 0.634. The van der Waals surface area contributed by atoms with Gasteiger partial charge in [-0.25, -0.2) is 53.2 Å². The van der Waals surface area contributed by atoms with E-state index < -0.39 is 0 Å². The van der Waals surface area contributed by atoms with Gasteiger partial charge in [-0.1, -0.05) is 70.8 Å². The van der Waals surface area contributed by atoms with Gasteiger partial charge in [-0.15, -0.1) is 0 Å². The van der Waals surface area contributed by atoms with Crippen LogP contribution in [0, 0.1) is 83.1 Å². The summed E-state index contributed by atoms with van der Waals surface area (Å²) in [5, 5.41) is 4.43. The molecule has 0 aliphatic heterocycles. The van der Waals surface area contributed by atoms with Crippen LogP contribution >= 0.6 is 0 Å². The summed E-state index contributed by atoms with van der Waals surface area (Å²) in [5.41, 5.74) is 34.3. The first-order chi connectivity index (χ1) is 50.2. The summed E-state index contributed by atoms with van der Waals surface area (Å²) >= 11 is 0. The Morgan fingerprint density at radius 3 is 0.933 bits per heavy atom. The molecule has 8 aromatic carbocycles. The molecule has 104 heavy (non-hydrogen) atoms. The van der Waals surface area contributed by atoms with Crippen LogP contribution in [-0.4, -0.2) is 64.8 Å². The number of aryl methyl sites for hydroxylation is 12. The number of hydrogen-bond donors (Lipinski definition) is 0. The van der Waals surface area contributed by atoms with E-state index in [0.717, 1.165) is 88.6 Å². The maximum absolute atomic E-state index is 4.72. The summed E-state index contributed by atoms with van der Waals surface area (Å²) < 4.78 is 8.39. The van der Waals surface area contributed by atoms with Gasteiger partial charge in [0.15, 0.2) is 33.7 Å². The lowest BCUT2D eigenvalue weighted by molar-refractivity contribution is -0.662. The van der Waals surface area contributed by atoms with Gasteiger partial charge in [0.1, 0.15) is 41.8 Å². The third-order valence-corrected chi connectivity index (χ3v) is 19.5. The Morgan fingerprint density at radius 2 is 0.587 bits per heavy atom. The molecule has 0 atom stereocenters. The van der Waals surface area contributed by atoms with Crippen molar-refractivity contribution in [3.63, 3.8) is 0 Å². The lowest BCUT2D eigenvalue weighted by Gasteiger charge is -2.13. The Balaban J connectivity index is 0.000000123. The van der Waals surface area contributed by atoms with Gasteiger partial charge in [-0.3, -0.25) is 9.97 Å². The standard InChI is InChI=1S/3C22H21N4.C21H20N5/c1-14-11-15(2)16(3)19(12-14)21-17-7-5-8-18(20(17)25-13-26(21)4)22-23-9-6-10-24-22;1-14-10-15(2)16(3)19(11-14)22-18-7-5-6-17(20-12-23-8-9-24-20)21(18)25-13-26(22)4;1-14-10-15(2)16(3)19(11-14)22-18-7-5-6-17(20-8-9-23-12-24-20)21(18)25-13-26(22)4;1-13-8-14(2)15(3)18(9-13)20-16-6-5-7-17(19(16)25-12-26(20)4)21-23-10-22-11-24-21/h3*5-13H,1-4H3;5-12H,1-4H3/q4*+1. The summed E-state index contributed by atoms with van der Waals surface area (Å²) in [6, 6.07) is 46.5. The zero-order valence-corrected chi connectivity index (χ0v) is 61.8. The first-order valence-corrected chi connectivity index (χ1v) is 34.6. The van der Waals surface area contributed by atoms with Crippen LogP contribution in [0.4, 0.5) is 0 Å². The van der Waals surface area contributed by atoms with E-state index in [4.69, 9.17) is 15.0 Å². The quantitative estimate of drug-likeness (QED) is 0.131. The lowest BCUT2D eigenvalue weighted by atomic mass is 9.94. The predicted molar refractivity (Wildman–Crippen MR) is 412 cm³/mol. The van der Waals surface area contributed by atoms with Crippen LogP contribution in [0.25, 0.3) is 134 Å². The fourth-order valence-electron chi connectivity index (χ4n) is 14.0. The average Bonchev–Trinajstić information content (AvgIpc) is 0.778. The molecule has 16 aromatic rings. The summed E-state index contributed by atoms with van der Waals surface area (Å²) in [6.45, 7) is 25.9. The molecule has 8 heterocycles. The van der Waals surface area contributed by atoms with Gasteiger partial charge in [0, 0.05) is 53.2 Å². The van der Waals surface area contributed by atoms with Gasteiger partial charge < -0.3 is 0 Å². The first-order valence-electron chi connectivity index (χ1n) is 34.6. The Morgan fingerprint density at radius 1 is 0.250 bits per heavy atom. The molecule has 0 aliphatic carbocycles.